The molecular formula is C18H36IN5O2. The second kappa shape index (κ2) is 13.5. The van der Waals surface area contributed by atoms with Crippen molar-refractivity contribution in [2.75, 3.05) is 66.6 Å². The zero-order valence-electron chi connectivity index (χ0n) is 16.3. The lowest BCUT2D eigenvalue weighted by Gasteiger charge is -2.34. The number of halogens is 1. The average molecular weight is 481 g/mol. The predicted molar refractivity (Wildman–Crippen MR) is 116 cm³/mol. The molecule has 0 aromatic carbocycles. The van der Waals surface area contributed by atoms with E-state index in [9.17, 15) is 4.79 Å². The van der Waals surface area contributed by atoms with E-state index in [4.69, 9.17) is 4.74 Å². The van der Waals surface area contributed by atoms with Crippen LogP contribution in [0.4, 0.5) is 0 Å². The van der Waals surface area contributed by atoms with Gasteiger partial charge >= 0.3 is 0 Å². The lowest BCUT2D eigenvalue weighted by Crippen LogP contribution is -2.46. The monoisotopic (exact) mass is 481 g/mol. The maximum atomic E-state index is 11.5. The fraction of sp³-hybridized carbons (Fsp3) is 0.889. The van der Waals surface area contributed by atoms with E-state index in [2.05, 4.69) is 25.4 Å². The minimum absolute atomic E-state index is 0. The molecule has 26 heavy (non-hydrogen) atoms. The summed E-state index contributed by atoms with van der Waals surface area (Å²) in [5.74, 6) is 1.66. The Morgan fingerprint density at radius 3 is 2.46 bits per heavy atom. The van der Waals surface area contributed by atoms with Crippen LogP contribution in [0.1, 0.15) is 32.1 Å². The summed E-state index contributed by atoms with van der Waals surface area (Å²) in [6, 6.07) is 0. The molecular weight excluding hydrogens is 445 g/mol. The van der Waals surface area contributed by atoms with Crippen molar-refractivity contribution in [1.82, 2.24) is 20.4 Å². The van der Waals surface area contributed by atoms with Crippen molar-refractivity contribution < 1.29 is 9.53 Å². The molecule has 8 heteroatoms. The normalized spacial score (nSPS) is 19.8. The van der Waals surface area contributed by atoms with Gasteiger partial charge in [0, 0.05) is 53.2 Å². The van der Waals surface area contributed by atoms with Crippen molar-refractivity contribution in [3.8, 4) is 0 Å². The summed E-state index contributed by atoms with van der Waals surface area (Å²) in [4.78, 5) is 20.7. The number of ether oxygens (including phenoxy) is 1. The molecule has 2 saturated heterocycles. The molecule has 0 aromatic rings. The quantitative estimate of drug-likeness (QED) is 0.247. The van der Waals surface area contributed by atoms with Crippen LogP contribution >= 0.6 is 24.0 Å². The largest absolute Gasteiger partial charge is 0.379 e. The van der Waals surface area contributed by atoms with Gasteiger partial charge in [0.15, 0.2) is 5.96 Å². The van der Waals surface area contributed by atoms with Gasteiger partial charge in [0.25, 0.3) is 0 Å². The fourth-order valence-electron chi connectivity index (χ4n) is 3.53. The van der Waals surface area contributed by atoms with Crippen molar-refractivity contribution >= 4 is 35.8 Å². The number of amides is 1. The van der Waals surface area contributed by atoms with Crippen molar-refractivity contribution in [3.05, 3.63) is 0 Å². The van der Waals surface area contributed by atoms with E-state index >= 15 is 0 Å². The zero-order valence-corrected chi connectivity index (χ0v) is 18.7. The standard InChI is InChI=1S/C18H35N5O2.HI/c1-19-17(24)15-16-5-9-23(10-6-16)18(20-2)21-7-3-4-8-22-11-13-25-14-12-22;/h16H,3-15H2,1-2H3,(H,19,24)(H,20,21);1H. The van der Waals surface area contributed by atoms with Gasteiger partial charge < -0.3 is 20.3 Å². The number of likely N-dealkylation sites (tertiary alicyclic amines) is 1. The summed E-state index contributed by atoms with van der Waals surface area (Å²) in [7, 11) is 3.56. The molecule has 0 aromatic heterocycles. The molecule has 0 unspecified atom stereocenters. The molecule has 0 bridgehead atoms. The van der Waals surface area contributed by atoms with Crippen LogP contribution in [0, 0.1) is 5.92 Å². The molecule has 1 amide bonds. The molecule has 152 valence electrons. The van der Waals surface area contributed by atoms with Gasteiger partial charge in [0.1, 0.15) is 0 Å². The average Bonchev–Trinajstić information content (AvgIpc) is 2.66. The first-order valence-corrected chi connectivity index (χ1v) is 9.69. The van der Waals surface area contributed by atoms with Gasteiger partial charge in [-0.3, -0.25) is 14.7 Å². The molecule has 0 saturated carbocycles. The van der Waals surface area contributed by atoms with Gasteiger partial charge in [-0.15, -0.1) is 24.0 Å². The molecule has 2 rings (SSSR count). The number of aliphatic imine (C=N–C) groups is 1. The minimum atomic E-state index is 0. The first kappa shape index (κ1) is 23.4. The van der Waals surface area contributed by atoms with Crippen LogP contribution in [0.2, 0.25) is 0 Å². The van der Waals surface area contributed by atoms with E-state index in [1.807, 2.05) is 7.05 Å². The Bertz CT molecular complexity index is 422. The van der Waals surface area contributed by atoms with Gasteiger partial charge in [-0.05, 0) is 38.1 Å². The highest BCUT2D eigenvalue weighted by Gasteiger charge is 2.22. The third-order valence-electron chi connectivity index (χ3n) is 5.17. The van der Waals surface area contributed by atoms with E-state index in [1.54, 1.807) is 7.05 Å². The van der Waals surface area contributed by atoms with Crippen LogP contribution in [0.5, 0.6) is 0 Å². The highest BCUT2D eigenvalue weighted by Crippen LogP contribution is 2.20. The zero-order chi connectivity index (χ0) is 17.9. The summed E-state index contributed by atoms with van der Waals surface area (Å²) < 4.78 is 5.38. The number of guanidine groups is 1. The number of hydrogen-bond acceptors (Lipinski definition) is 4. The van der Waals surface area contributed by atoms with Crippen LogP contribution in [-0.4, -0.2) is 88.2 Å². The molecule has 2 aliphatic rings. The van der Waals surface area contributed by atoms with E-state index in [-0.39, 0.29) is 29.9 Å². The van der Waals surface area contributed by atoms with Crippen LogP contribution in [0.3, 0.4) is 0 Å². The first-order chi connectivity index (χ1) is 12.2. The predicted octanol–water partition coefficient (Wildman–Crippen LogP) is 1.14. The molecule has 0 aliphatic carbocycles. The smallest absolute Gasteiger partial charge is 0.220 e. The van der Waals surface area contributed by atoms with Crippen molar-refractivity contribution in [2.24, 2.45) is 10.9 Å². The van der Waals surface area contributed by atoms with Crippen LogP contribution in [0.15, 0.2) is 4.99 Å². The molecule has 2 aliphatic heterocycles. The van der Waals surface area contributed by atoms with E-state index in [0.717, 1.165) is 77.7 Å². The summed E-state index contributed by atoms with van der Waals surface area (Å²) in [6.45, 7) is 7.98. The number of hydrogen-bond donors (Lipinski definition) is 2. The third-order valence-corrected chi connectivity index (χ3v) is 5.17. The summed E-state index contributed by atoms with van der Waals surface area (Å²) in [5, 5.41) is 6.22. The maximum absolute atomic E-state index is 11.5. The molecule has 0 atom stereocenters. The van der Waals surface area contributed by atoms with Gasteiger partial charge in [-0.1, -0.05) is 0 Å². The van der Waals surface area contributed by atoms with Crippen LogP contribution < -0.4 is 10.6 Å². The Balaban J connectivity index is 0.00000338. The van der Waals surface area contributed by atoms with E-state index in [1.165, 1.54) is 6.42 Å². The molecule has 2 heterocycles. The SMILES string of the molecule is CN=C(NCCCCN1CCOCC1)N1CCC(CC(=O)NC)CC1.I. The molecule has 7 nitrogen and oxygen atoms in total. The van der Waals surface area contributed by atoms with Crippen LogP contribution in [0.25, 0.3) is 0 Å². The number of carbonyl (C=O) groups is 1. The summed E-state index contributed by atoms with van der Waals surface area (Å²) >= 11 is 0. The van der Waals surface area contributed by atoms with Crippen molar-refractivity contribution in [3.63, 3.8) is 0 Å². The number of piperidine rings is 1. The summed E-state index contributed by atoms with van der Waals surface area (Å²) in [6.07, 6.45) is 5.13. The Morgan fingerprint density at radius 1 is 1.15 bits per heavy atom. The van der Waals surface area contributed by atoms with Gasteiger partial charge in [-0.25, -0.2) is 0 Å². The molecule has 0 radical (unpaired) electrons. The van der Waals surface area contributed by atoms with E-state index < -0.39 is 0 Å². The van der Waals surface area contributed by atoms with Crippen LogP contribution in [-0.2, 0) is 9.53 Å². The van der Waals surface area contributed by atoms with Gasteiger partial charge in [0.05, 0.1) is 13.2 Å². The Hall–Kier alpha value is -0.610. The number of unbranched alkanes of at least 4 members (excludes halogenated alkanes) is 1. The fourth-order valence-corrected chi connectivity index (χ4v) is 3.53. The minimum Gasteiger partial charge on any atom is -0.379 e. The Labute approximate surface area is 175 Å². The highest BCUT2D eigenvalue weighted by molar-refractivity contribution is 14.0. The third kappa shape index (κ3) is 8.39. The number of nitrogens with one attached hydrogen (secondary N) is 2. The molecule has 0 spiro atoms. The second-order valence-electron chi connectivity index (χ2n) is 6.94. The number of carbonyl (C=O) groups excluding carboxylic acids is 1. The second-order valence-corrected chi connectivity index (χ2v) is 6.94. The first-order valence-electron chi connectivity index (χ1n) is 9.69. The van der Waals surface area contributed by atoms with Crippen molar-refractivity contribution in [1.29, 1.82) is 0 Å². The highest BCUT2D eigenvalue weighted by atomic mass is 127. The Kier molecular flexibility index (Phi) is 12.2. The van der Waals surface area contributed by atoms with Gasteiger partial charge in [0.2, 0.25) is 5.91 Å². The maximum Gasteiger partial charge on any atom is 0.220 e. The van der Waals surface area contributed by atoms with Gasteiger partial charge in [-0.2, -0.15) is 0 Å². The van der Waals surface area contributed by atoms with E-state index in [0.29, 0.717) is 12.3 Å². The molecule has 2 N–H and O–H groups in total. The topological polar surface area (TPSA) is 69.2 Å². The van der Waals surface area contributed by atoms with Crippen molar-refractivity contribution in [2.45, 2.75) is 32.1 Å². The lowest BCUT2D eigenvalue weighted by atomic mass is 9.93. The number of rotatable bonds is 7. The summed E-state index contributed by atoms with van der Waals surface area (Å²) in [5.41, 5.74) is 0. The number of nitrogens with zero attached hydrogens (tertiary/aromatic N) is 3. The lowest BCUT2D eigenvalue weighted by molar-refractivity contribution is -0.121. The molecule has 2 fully saturated rings. The Morgan fingerprint density at radius 2 is 1.85 bits per heavy atom. The number of morpholine rings is 1.